The molecule has 2 N–H and O–H groups in total. The summed E-state index contributed by atoms with van der Waals surface area (Å²) >= 11 is 7.39. The smallest absolute Gasteiger partial charge is 0.260 e. The van der Waals surface area contributed by atoms with E-state index in [9.17, 15) is 9.90 Å². The summed E-state index contributed by atoms with van der Waals surface area (Å²) in [5, 5.41) is 13.9. The number of aromatic nitrogens is 2. The van der Waals surface area contributed by atoms with E-state index >= 15 is 0 Å². The van der Waals surface area contributed by atoms with Gasteiger partial charge in [0, 0.05) is 42.8 Å². The van der Waals surface area contributed by atoms with Crippen LogP contribution in [-0.2, 0) is 11.3 Å². The van der Waals surface area contributed by atoms with Crippen molar-refractivity contribution in [3.8, 4) is 16.9 Å². The van der Waals surface area contributed by atoms with Gasteiger partial charge in [0.1, 0.15) is 29.1 Å². The molecule has 2 aromatic heterocycles. The zero-order chi connectivity index (χ0) is 26.4. The first-order valence-electron chi connectivity index (χ1n) is 12.2. The minimum absolute atomic E-state index is 0.134. The van der Waals surface area contributed by atoms with Gasteiger partial charge in [0.2, 0.25) is 0 Å². The number of aliphatic hydroxyl groups excluding tert-OH is 1. The number of thiophene rings is 1. The number of fused-ring (bicyclic) bond motifs is 1. The fraction of sp³-hybridized carbons (Fsp3) is 0.357. The quantitative estimate of drug-likeness (QED) is 0.240. The van der Waals surface area contributed by atoms with Gasteiger partial charge in [-0.15, -0.1) is 11.3 Å². The van der Waals surface area contributed by atoms with Crippen LogP contribution in [0.15, 0.2) is 52.6 Å². The van der Waals surface area contributed by atoms with E-state index in [1.807, 2.05) is 19.2 Å². The van der Waals surface area contributed by atoms with Crippen molar-refractivity contribution in [3.63, 3.8) is 0 Å². The number of rotatable bonds is 12. The second-order valence-corrected chi connectivity index (χ2v) is 10.5. The Morgan fingerprint density at radius 2 is 1.95 bits per heavy atom. The van der Waals surface area contributed by atoms with Crippen molar-refractivity contribution in [1.29, 1.82) is 0 Å². The number of nitrogens with zero attached hydrogens (tertiary/aromatic N) is 2. The molecule has 196 valence electrons. The maximum absolute atomic E-state index is 13.2. The van der Waals surface area contributed by atoms with Crippen molar-refractivity contribution in [2.45, 2.75) is 32.9 Å². The number of methoxy groups -OCH3 is 1. The Balaban J connectivity index is 1.50. The third-order valence-corrected chi connectivity index (χ3v) is 7.22. The topological polar surface area (TPSA) is 87.7 Å². The van der Waals surface area contributed by atoms with Crippen molar-refractivity contribution in [2.24, 2.45) is 0 Å². The summed E-state index contributed by atoms with van der Waals surface area (Å²) in [5.41, 5.74) is 4.07. The first-order chi connectivity index (χ1) is 17.8. The SMILES string of the molecule is COCCCN(Cc1nc2scc(-c3cc(C)ccc3C)c2c(=O)[nH]1)CC(O)COc1ccc(Cl)cc1. The summed E-state index contributed by atoms with van der Waals surface area (Å²) in [7, 11) is 1.66. The zero-order valence-corrected chi connectivity index (χ0v) is 22.9. The van der Waals surface area contributed by atoms with E-state index in [-0.39, 0.29) is 12.2 Å². The molecule has 0 bridgehead atoms. The van der Waals surface area contributed by atoms with Gasteiger partial charge in [-0.25, -0.2) is 4.98 Å². The van der Waals surface area contributed by atoms with E-state index < -0.39 is 6.10 Å². The lowest BCUT2D eigenvalue weighted by Gasteiger charge is -2.24. The average Bonchev–Trinajstić information content (AvgIpc) is 3.29. The molecule has 1 atom stereocenters. The highest BCUT2D eigenvalue weighted by molar-refractivity contribution is 7.17. The molecule has 2 heterocycles. The summed E-state index contributed by atoms with van der Waals surface area (Å²) < 4.78 is 10.9. The first kappa shape index (κ1) is 27.3. The van der Waals surface area contributed by atoms with E-state index in [1.54, 1.807) is 31.4 Å². The van der Waals surface area contributed by atoms with Gasteiger partial charge >= 0.3 is 0 Å². The van der Waals surface area contributed by atoms with Crippen molar-refractivity contribution in [3.05, 3.63) is 80.2 Å². The minimum atomic E-state index is -0.730. The number of hydrogen-bond acceptors (Lipinski definition) is 7. The van der Waals surface area contributed by atoms with E-state index in [1.165, 1.54) is 11.3 Å². The number of benzene rings is 2. The largest absolute Gasteiger partial charge is 0.491 e. The number of ether oxygens (including phenoxy) is 2. The Kier molecular flexibility index (Phi) is 9.34. The van der Waals surface area contributed by atoms with Crippen molar-refractivity contribution in [1.82, 2.24) is 14.9 Å². The number of H-pyrrole nitrogens is 1. The molecule has 2 aromatic carbocycles. The molecule has 7 nitrogen and oxygen atoms in total. The molecule has 4 aromatic rings. The van der Waals surface area contributed by atoms with Gasteiger partial charge in [-0.1, -0.05) is 35.4 Å². The highest BCUT2D eigenvalue weighted by Crippen LogP contribution is 2.33. The molecule has 9 heteroatoms. The van der Waals surface area contributed by atoms with Crippen LogP contribution in [-0.4, -0.2) is 59.5 Å². The Bertz CT molecular complexity index is 1390. The van der Waals surface area contributed by atoms with Crippen LogP contribution in [0.2, 0.25) is 5.02 Å². The summed E-state index contributed by atoms with van der Waals surface area (Å²) in [6.07, 6.45) is 0.0510. The van der Waals surface area contributed by atoms with Crippen LogP contribution in [0.25, 0.3) is 21.3 Å². The Labute approximate surface area is 225 Å². The molecule has 0 aliphatic heterocycles. The summed E-state index contributed by atoms with van der Waals surface area (Å²) in [6.45, 7) is 6.25. The molecule has 37 heavy (non-hydrogen) atoms. The second-order valence-electron chi connectivity index (χ2n) is 9.16. The average molecular weight is 542 g/mol. The predicted molar refractivity (Wildman–Crippen MR) is 150 cm³/mol. The molecule has 0 fully saturated rings. The number of hydrogen-bond donors (Lipinski definition) is 2. The third-order valence-electron chi connectivity index (χ3n) is 6.10. The lowest BCUT2D eigenvalue weighted by Crippen LogP contribution is -2.37. The number of aryl methyl sites for hydroxylation is 2. The molecule has 4 rings (SSSR count). The van der Waals surface area contributed by atoms with Crippen LogP contribution in [0.4, 0.5) is 0 Å². The zero-order valence-electron chi connectivity index (χ0n) is 21.3. The van der Waals surface area contributed by atoms with Gasteiger partial charge in [0.05, 0.1) is 11.9 Å². The summed E-state index contributed by atoms with van der Waals surface area (Å²) in [6, 6.07) is 13.3. The number of halogens is 1. The molecule has 0 saturated carbocycles. The fourth-order valence-corrected chi connectivity index (χ4v) is 5.33. The van der Waals surface area contributed by atoms with E-state index in [0.717, 1.165) is 28.7 Å². The molecule has 0 amide bonds. The Morgan fingerprint density at radius 3 is 2.70 bits per heavy atom. The Hall–Kier alpha value is -2.75. The van der Waals surface area contributed by atoms with Crippen molar-refractivity contribution in [2.75, 3.05) is 33.4 Å². The van der Waals surface area contributed by atoms with E-state index in [0.29, 0.717) is 53.1 Å². The van der Waals surface area contributed by atoms with E-state index in [4.69, 9.17) is 26.1 Å². The molecule has 1 unspecified atom stereocenters. The molecule has 0 aliphatic carbocycles. The molecular formula is C28H32ClN3O4S. The highest BCUT2D eigenvalue weighted by Gasteiger charge is 2.18. The van der Waals surface area contributed by atoms with Crippen LogP contribution in [0.5, 0.6) is 5.75 Å². The van der Waals surface area contributed by atoms with Crippen LogP contribution in [0.1, 0.15) is 23.4 Å². The lowest BCUT2D eigenvalue weighted by atomic mass is 9.99. The van der Waals surface area contributed by atoms with Gasteiger partial charge in [0.25, 0.3) is 5.56 Å². The van der Waals surface area contributed by atoms with Crippen LogP contribution < -0.4 is 10.3 Å². The summed E-state index contributed by atoms with van der Waals surface area (Å²) in [5.74, 6) is 1.21. The van der Waals surface area contributed by atoms with E-state index in [2.05, 4.69) is 28.1 Å². The molecular weight excluding hydrogens is 510 g/mol. The predicted octanol–water partition coefficient (Wildman–Crippen LogP) is 5.20. The lowest BCUT2D eigenvalue weighted by molar-refractivity contribution is 0.0609. The normalized spacial score (nSPS) is 12.4. The monoisotopic (exact) mass is 541 g/mol. The van der Waals surface area contributed by atoms with Gasteiger partial charge in [-0.05, 0) is 55.7 Å². The maximum Gasteiger partial charge on any atom is 0.260 e. The number of aliphatic hydroxyl groups is 1. The maximum atomic E-state index is 13.2. The van der Waals surface area contributed by atoms with Gasteiger partial charge in [0.15, 0.2) is 0 Å². The fourth-order valence-electron chi connectivity index (χ4n) is 4.25. The van der Waals surface area contributed by atoms with Crippen molar-refractivity contribution >= 4 is 33.2 Å². The number of nitrogens with one attached hydrogen (secondary N) is 1. The highest BCUT2D eigenvalue weighted by atomic mass is 35.5. The van der Waals surface area contributed by atoms with Crippen LogP contribution >= 0.6 is 22.9 Å². The minimum Gasteiger partial charge on any atom is -0.491 e. The molecule has 0 saturated heterocycles. The first-order valence-corrected chi connectivity index (χ1v) is 13.5. The van der Waals surface area contributed by atoms with Gasteiger partial charge < -0.3 is 19.6 Å². The molecule has 0 radical (unpaired) electrons. The van der Waals surface area contributed by atoms with Crippen LogP contribution in [0.3, 0.4) is 0 Å². The van der Waals surface area contributed by atoms with Crippen LogP contribution in [0, 0.1) is 13.8 Å². The molecule has 0 aliphatic rings. The van der Waals surface area contributed by atoms with Gasteiger partial charge in [-0.2, -0.15) is 0 Å². The molecule has 0 spiro atoms. The number of aromatic amines is 1. The second kappa shape index (κ2) is 12.7. The summed E-state index contributed by atoms with van der Waals surface area (Å²) in [4.78, 5) is 23.7. The standard InChI is InChI=1S/C28H32ClN3O4S/c1-18-5-6-19(2)23(13-18)24-17-37-28-26(24)27(34)30-25(31-28)15-32(11-4-12-35-3)14-21(33)16-36-22-9-7-20(29)8-10-22/h5-10,13,17,21,33H,4,11-12,14-16H2,1-3H3,(H,30,31,34). The Morgan fingerprint density at radius 1 is 1.16 bits per heavy atom. The van der Waals surface area contributed by atoms with Crippen molar-refractivity contribution < 1.29 is 14.6 Å². The third kappa shape index (κ3) is 7.18. The van der Waals surface area contributed by atoms with Gasteiger partial charge in [-0.3, -0.25) is 9.69 Å².